The summed E-state index contributed by atoms with van der Waals surface area (Å²) in [7, 11) is 2.03. The zero-order chi connectivity index (χ0) is 16.9. The number of hydrogen-bond donors (Lipinski definition) is 0. The van der Waals surface area contributed by atoms with Gasteiger partial charge in [-0.25, -0.2) is 4.98 Å². The molecule has 130 valence electrons. The van der Waals surface area contributed by atoms with Crippen LogP contribution in [0, 0.1) is 0 Å². The first-order valence-electron chi connectivity index (χ1n) is 8.72. The Morgan fingerprint density at radius 1 is 1.17 bits per heavy atom. The number of imidazole rings is 1. The minimum atomic E-state index is 0.208. The topological polar surface area (TPSA) is 46.3 Å². The van der Waals surface area contributed by atoms with Crippen LogP contribution in [0.15, 0.2) is 36.9 Å². The minimum Gasteiger partial charge on any atom is -0.351 e. The lowest BCUT2D eigenvalue weighted by Gasteiger charge is -2.23. The number of amides is 1. The SMILES string of the molecule is C[C@H](CC(=O)N1CCCN(Cc2nccn2C)CC1)n1cccc1. The van der Waals surface area contributed by atoms with Crippen molar-refractivity contribution in [3.05, 3.63) is 42.7 Å². The van der Waals surface area contributed by atoms with Crippen LogP contribution in [0.5, 0.6) is 0 Å². The summed E-state index contributed by atoms with van der Waals surface area (Å²) >= 11 is 0. The highest BCUT2D eigenvalue weighted by Crippen LogP contribution is 2.14. The van der Waals surface area contributed by atoms with Gasteiger partial charge in [-0.1, -0.05) is 0 Å². The maximum absolute atomic E-state index is 12.6. The van der Waals surface area contributed by atoms with Gasteiger partial charge in [0, 0.05) is 70.5 Å². The van der Waals surface area contributed by atoms with Gasteiger partial charge in [0.15, 0.2) is 0 Å². The van der Waals surface area contributed by atoms with Gasteiger partial charge in [-0.15, -0.1) is 0 Å². The van der Waals surface area contributed by atoms with E-state index in [0.717, 1.165) is 45.0 Å². The second-order valence-corrected chi connectivity index (χ2v) is 6.65. The number of aryl methyl sites for hydroxylation is 1. The quantitative estimate of drug-likeness (QED) is 0.842. The molecule has 6 heteroatoms. The van der Waals surface area contributed by atoms with E-state index in [9.17, 15) is 4.79 Å². The highest BCUT2D eigenvalue weighted by molar-refractivity contribution is 5.76. The maximum Gasteiger partial charge on any atom is 0.224 e. The molecular formula is C18H27N5O. The van der Waals surface area contributed by atoms with Crippen molar-refractivity contribution in [2.75, 3.05) is 26.2 Å². The van der Waals surface area contributed by atoms with E-state index in [0.29, 0.717) is 6.42 Å². The van der Waals surface area contributed by atoms with E-state index in [2.05, 4.69) is 25.9 Å². The van der Waals surface area contributed by atoms with Crippen molar-refractivity contribution < 1.29 is 4.79 Å². The first-order valence-corrected chi connectivity index (χ1v) is 8.72. The van der Waals surface area contributed by atoms with Crippen LogP contribution in [-0.4, -0.2) is 56.0 Å². The number of carbonyl (C=O) groups is 1. The predicted octanol–water partition coefficient (Wildman–Crippen LogP) is 1.91. The maximum atomic E-state index is 12.6. The van der Waals surface area contributed by atoms with Crippen LogP contribution in [0.1, 0.15) is 31.6 Å². The Kier molecular flexibility index (Phi) is 5.35. The largest absolute Gasteiger partial charge is 0.351 e. The molecule has 1 saturated heterocycles. The number of aromatic nitrogens is 3. The van der Waals surface area contributed by atoms with Crippen LogP contribution < -0.4 is 0 Å². The number of carbonyl (C=O) groups excluding carboxylic acids is 1. The predicted molar refractivity (Wildman–Crippen MR) is 93.4 cm³/mol. The monoisotopic (exact) mass is 329 g/mol. The normalized spacial score (nSPS) is 17.7. The standard InChI is InChI=1S/C18H27N5O/c1-16(22-8-3-4-9-22)14-18(24)23-10-5-7-21(12-13-23)15-17-19-6-11-20(17)2/h3-4,6,8-9,11,16H,5,7,10,12-15H2,1-2H3/t16-/m1/s1. The Hall–Kier alpha value is -2.08. The van der Waals surface area contributed by atoms with Crippen molar-refractivity contribution in [1.82, 2.24) is 23.9 Å². The van der Waals surface area contributed by atoms with Gasteiger partial charge >= 0.3 is 0 Å². The van der Waals surface area contributed by atoms with E-state index in [1.807, 2.05) is 48.9 Å². The highest BCUT2D eigenvalue weighted by atomic mass is 16.2. The van der Waals surface area contributed by atoms with Crippen molar-refractivity contribution in [3.8, 4) is 0 Å². The molecule has 1 atom stereocenters. The lowest BCUT2D eigenvalue weighted by Crippen LogP contribution is -2.36. The molecule has 0 aromatic carbocycles. The molecule has 0 radical (unpaired) electrons. The van der Waals surface area contributed by atoms with E-state index >= 15 is 0 Å². The van der Waals surface area contributed by atoms with Crippen LogP contribution in [0.2, 0.25) is 0 Å². The second kappa shape index (κ2) is 7.66. The zero-order valence-electron chi connectivity index (χ0n) is 14.6. The van der Waals surface area contributed by atoms with Gasteiger partial charge in [0.1, 0.15) is 5.82 Å². The summed E-state index contributed by atoms with van der Waals surface area (Å²) < 4.78 is 4.16. The van der Waals surface area contributed by atoms with Crippen LogP contribution >= 0.6 is 0 Å². The van der Waals surface area contributed by atoms with Gasteiger partial charge in [0.25, 0.3) is 0 Å². The van der Waals surface area contributed by atoms with E-state index in [1.54, 1.807) is 0 Å². The van der Waals surface area contributed by atoms with Crippen molar-refractivity contribution in [2.24, 2.45) is 7.05 Å². The molecule has 2 aromatic heterocycles. The average molecular weight is 329 g/mol. The molecule has 0 spiro atoms. The summed E-state index contributed by atoms with van der Waals surface area (Å²) in [4.78, 5) is 21.4. The minimum absolute atomic E-state index is 0.208. The molecule has 3 rings (SSSR count). The van der Waals surface area contributed by atoms with Crippen molar-refractivity contribution in [1.29, 1.82) is 0 Å². The zero-order valence-corrected chi connectivity index (χ0v) is 14.6. The first-order chi connectivity index (χ1) is 11.6. The third-order valence-corrected chi connectivity index (χ3v) is 4.83. The Labute approximate surface area is 143 Å². The summed E-state index contributed by atoms with van der Waals surface area (Å²) in [5, 5.41) is 0. The van der Waals surface area contributed by atoms with Crippen LogP contribution in [0.3, 0.4) is 0 Å². The van der Waals surface area contributed by atoms with Crippen molar-refractivity contribution in [2.45, 2.75) is 32.4 Å². The van der Waals surface area contributed by atoms with Gasteiger partial charge in [-0.3, -0.25) is 9.69 Å². The van der Waals surface area contributed by atoms with Gasteiger partial charge in [-0.2, -0.15) is 0 Å². The molecule has 24 heavy (non-hydrogen) atoms. The molecule has 0 unspecified atom stereocenters. The van der Waals surface area contributed by atoms with Crippen LogP contribution in [0.4, 0.5) is 0 Å². The van der Waals surface area contributed by atoms with Crippen molar-refractivity contribution >= 4 is 5.91 Å². The molecule has 3 heterocycles. The summed E-state index contributed by atoms with van der Waals surface area (Å²) in [5.41, 5.74) is 0. The molecule has 0 aliphatic carbocycles. The van der Waals surface area contributed by atoms with E-state index < -0.39 is 0 Å². The Morgan fingerprint density at radius 2 is 1.96 bits per heavy atom. The molecule has 1 amide bonds. The van der Waals surface area contributed by atoms with E-state index in [-0.39, 0.29) is 11.9 Å². The Bertz CT molecular complexity index is 648. The fraction of sp³-hybridized carbons (Fsp3) is 0.556. The van der Waals surface area contributed by atoms with Gasteiger partial charge in [-0.05, 0) is 25.5 Å². The van der Waals surface area contributed by atoms with Crippen molar-refractivity contribution in [3.63, 3.8) is 0 Å². The lowest BCUT2D eigenvalue weighted by molar-refractivity contribution is -0.131. The van der Waals surface area contributed by atoms with Crippen LogP contribution in [0.25, 0.3) is 0 Å². The average Bonchev–Trinajstić information content (AvgIpc) is 3.16. The molecule has 0 N–H and O–H groups in total. The van der Waals surface area contributed by atoms with Gasteiger partial charge in [0.05, 0.1) is 6.54 Å². The summed E-state index contributed by atoms with van der Waals surface area (Å²) in [5.74, 6) is 1.34. The number of rotatable bonds is 5. The molecular weight excluding hydrogens is 302 g/mol. The number of nitrogens with zero attached hydrogens (tertiary/aromatic N) is 5. The first kappa shape index (κ1) is 16.8. The summed E-state index contributed by atoms with van der Waals surface area (Å²) in [6, 6.07) is 4.21. The van der Waals surface area contributed by atoms with Gasteiger partial charge in [0.2, 0.25) is 5.91 Å². The lowest BCUT2D eigenvalue weighted by atomic mass is 10.2. The highest BCUT2D eigenvalue weighted by Gasteiger charge is 2.21. The molecule has 0 saturated carbocycles. The second-order valence-electron chi connectivity index (χ2n) is 6.65. The molecule has 1 aliphatic rings. The fourth-order valence-electron chi connectivity index (χ4n) is 3.26. The molecule has 0 bridgehead atoms. The smallest absolute Gasteiger partial charge is 0.224 e. The Balaban J connectivity index is 1.51. The number of hydrogen-bond acceptors (Lipinski definition) is 3. The molecule has 6 nitrogen and oxygen atoms in total. The molecule has 1 fully saturated rings. The van der Waals surface area contributed by atoms with Crippen LogP contribution in [-0.2, 0) is 18.4 Å². The van der Waals surface area contributed by atoms with Gasteiger partial charge < -0.3 is 14.0 Å². The summed E-state index contributed by atoms with van der Waals surface area (Å²) in [6.45, 7) is 6.55. The third-order valence-electron chi connectivity index (χ3n) is 4.83. The van der Waals surface area contributed by atoms with E-state index in [1.165, 1.54) is 0 Å². The molecule has 2 aromatic rings. The van der Waals surface area contributed by atoms with E-state index in [4.69, 9.17) is 0 Å². The molecule has 1 aliphatic heterocycles. The fourth-order valence-corrected chi connectivity index (χ4v) is 3.26. The summed E-state index contributed by atoms with van der Waals surface area (Å²) in [6.07, 6.45) is 9.45. The third kappa shape index (κ3) is 4.06. The Morgan fingerprint density at radius 3 is 2.67 bits per heavy atom.